The van der Waals surface area contributed by atoms with Crippen molar-refractivity contribution in [3.05, 3.63) is 52.7 Å². The summed E-state index contributed by atoms with van der Waals surface area (Å²) in [6.45, 7) is 1.94. The second-order valence-electron chi connectivity index (χ2n) is 5.66. The molecule has 0 aliphatic carbocycles. The number of piperidine rings is 1. The van der Waals surface area contributed by atoms with Gasteiger partial charge < -0.3 is 9.32 Å². The van der Waals surface area contributed by atoms with E-state index in [-0.39, 0.29) is 5.43 Å². The molecule has 3 nitrogen and oxygen atoms in total. The predicted molar refractivity (Wildman–Crippen MR) is 86.1 cm³/mol. The maximum atomic E-state index is 12.4. The molecule has 1 saturated heterocycles. The third-order valence-electron chi connectivity index (χ3n) is 4.27. The van der Waals surface area contributed by atoms with Gasteiger partial charge in [0.15, 0.2) is 11.3 Å². The van der Waals surface area contributed by atoms with Gasteiger partial charge in [-0.3, -0.25) is 4.79 Å². The second-order valence-corrected chi connectivity index (χ2v) is 5.66. The maximum absolute atomic E-state index is 12.4. The summed E-state index contributed by atoms with van der Waals surface area (Å²) in [4.78, 5) is 14.6. The molecule has 1 aliphatic heterocycles. The van der Waals surface area contributed by atoms with E-state index in [4.69, 9.17) is 4.42 Å². The van der Waals surface area contributed by atoms with Crippen LogP contribution in [0, 0.1) is 0 Å². The lowest BCUT2D eigenvalue weighted by molar-refractivity contribution is 0.514. The smallest absolute Gasteiger partial charge is 0.200 e. The molecule has 1 aromatic heterocycles. The molecule has 0 N–H and O–H groups in total. The van der Waals surface area contributed by atoms with Crippen LogP contribution in [0.25, 0.3) is 21.7 Å². The van der Waals surface area contributed by atoms with Crippen LogP contribution in [-0.2, 0) is 0 Å². The van der Waals surface area contributed by atoms with Gasteiger partial charge in [-0.25, -0.2) is 0 Å². The van der Waals surface area contributed by atoms with Gasteiger partial charge in [0.1, 0.15) is 5.58 Å². The first-order valence-corrected chi connectivity index (χ1v) is 7.53. The van der Waals surface area contributed by atoms with E-state index in [1.165, 1.54) is 6.42 Å². The number of anilines is 1. The number of rotatable bonds is 1. The predicted octanol–water partition coefficient (Wildman–Crippen LogP) is 3.94. The molecule has 0 unspecified atom stereocenters. The zero-order valence-electron chi connectivity index (χ0n) is 11.8. The lowest BCUT2D eigenvalue weighted by Crippen LogP contribution is -2.30. The third kappa shape index (κ3) is 2.09. The molecule has 3 heteroatoms. The molecule has 4 rings (SSSR count). The van der Waals surface area contributed by atoms with Crippen molar-refractivity contribution < 1.29 is 4.42 Å². The zero-order chi connectivity index (χ0) is 14.2. The molecule has 1 aliphatic rings. The van der Waals surface area contributed by atoms with E-state index in [9.17, 15) is 4.79 Å². The Morgan fingerprint density at radius 2 is 1.71 bits per heavy atom. The van der Waals surface area contributed by atoms with Crippen molar-refractivity contribution in [2.24, 2.45) is 0 Å². The van der Waals surface area contributed by atoms with E-state index < -0.39 is 0 Å². The topological polar surface area (TPSA) is 33.5 Å². The molecular formula is C18H17NO2. The van der Waals surface area contributed by atoms with Gasteiger partial charge in [0.25, 0.3) is 0 Å². The van der Waals surface area contributed by atoms with Crippen LogP contribution in [-0.4, -0.2) is 13.1 Å². The summed E-state index contributed by atoms with van der Waals surface area (Å²) in [6, 6.07) is 13.5. The largest absolute Gasteiger partial charge is 0.440 e. The summed E-state index contributed by atoms with van der Waals surface area (Å²) in [5.74, 6) is 0.712. The van der Waals surface area contributed by atoms with Crippen molar-refractivity contribution in [2.45, 2.75) is 19.3 Å². The highest BCUT2D eigenvalue weighted by molar-refractivity contribution is 6.04. The van der Waals surface area contributed by atoms with E-state index in [0.29, 0.717) is 16.9 Å². The summed E-state index contributed by atoms with van der Waals surface area (Å²) < 4.78 is 6.12. The van der Waals surface area contributed by atoms with E-state index in [1.54, 1.807) is 6.07 Å². The van der Waals surface area contributed by atoms with Crippen LogP contribution in [0.15, 0.2) is 51.7 Å². The van der Waals surface area contributed by atoms with Crippen LogP contribution >= 0.6 is 0 Å². The fraction of sp³-hybridized carbons (Fsp3) is 0.278. The number of hydrogen-bond acceptors (Lipinski definition) is 3. The Labute approximate surface area is 122 Å². The Balaban J connectivity index is 1.98. The fourth-order valence-electron chi connectivity index (χ4n) is 3.14. The first-order valence-electron chi connectivity index (χ1n) is 7.53. The van der Waals surface area contributed by atoms with Gasteiger partial charge in [-0.15, -0.1) is 0 Å². The van der Waals surface area contributed by atoms with Gasteiger partial charge in [0.05, 0.1) is 5.39 Å². The molecule has 21 heavy (non-hydrogen) atoms. The Morgan fingerprint density at radius 3 is 2.57 bits per heavy atom. The normalized spacial score (nSPS) is 15.7. The van der Waals surface area contributed by atoms with Crippen molar-refractivity contribution in [2.75, 3.05) is 18.0 Å². The molecule has 0 amide bonds. The lowest BCUT2D eigenvalue weighted by Gasteiger charge is -2.27. The van der Waals surface area contributed by atoms with Crippen LogP contribution < -0.4 is 10.3 Å². The second kappa shape index (κ2) is 4.92. The molecule has 2 aromatic carbocycles. The number of benzene rings is 2. The summed E-state index contributed by atoms with van der Waals surface area (Å²) in [5.41, 5.74) is 0.753. The van der Waals surface area contributed by atoms with E-state index in [2.05, 4.69) is 4.90 Å². The van der Waals surface area contributed by atoms with Crippen LogP contribution in [0.1, 0.15) is 19.3 Å². The van der Waals surface area contributed by atoms with Crippen LogP contribution in [0.3, 0.4) is 0 Å². The highest BCUT2D eigenvalue weighted by Crippen LogP contribution is 2.28. The van der Waals surface area contributed by atoms with Gasteiger partial charge in [-0.1, -0.05) is 30.3 Å². The first-order chi connectivity index (χ1) is 10.3. The molecule has 2 heterocycles. The minimum absolute atomic E-state index is 0.0441. The molecule has 106 valence electrons. The SMILES string of the molecule is O=c1cc(N2CCCCC2)oc2c1ccc1ccccc12. The molecule has 0 bridgehead atoms. The van der Waals surface area contributed by atoms with Crippen molar-refractivity contribution in [3.8, 4) is 0 Å². The molecule has 0 saturated carbocycles. The maximum Gasteiger partial charge on any atom is 0.200 e. The van der Waals surface area contributed by atoms with Gasteiger partial charge >= 0.3 is 0 Å². The molecular weight excluding hydrogens is 262 g/mol. The Morgan fingerprint density at radius 1 is 0.905 bits per heavy atom. The Kier molecular flexibility index (Phi) is 2.92. The molecule has 0 atom stereocenters. The Bertz CT molecular complexity index is 860. The monoisotopic (exact) mass is 279 g/mol. The van der Waals surface area contributed by atoms with Crippen LogP contribution in [0.2, 0.25) is 0 Å². The highest BCUT2D eigenvalue weighted by Gasteiger charge is 2.15. The Hall–Kier alpha value is -2.29. The lowest BCUT2D eigenvalue weighted by atomic mass is 10.1. The average molecular weight is 279 g/mol. The summed E-state index contributed by atoms with van der Waals surface area (Å²) >= 11 is 0. The number of nitrogens with zero attached hydrogens (tertiary/aromatic N) is 1. The van der Waals surface area contributed by atoms with Crippen molar-refractivity contribution >= 4 is 27.6 Å². The van der Waals surface area contributed by atoms with E-state index in [0.717, 1.165) is 36.7 Å². The fourth-order valence-corrected chi connectivity index (χ4v) is 3.14. The highest BCUT2D eigenvalue weighted by atomic mass is 16.4. The summed E-state index contributed by atoms with van der Waals surface area (Å²) in [5, 5.41) is 2.77. The minimum atomic E-state index is 0.0441. The van der Waals surface area contributed by atoms with Gasteiger partial charge in [-0.2, -0.15) is 0 Å². The van der Waals surface area contributed by atoms with E-state index in [1.807, 2.05) is 36.4 Å². The van der Waals surface area contributed by atoms with Gasteiger partial charge in [0, 0.05) is 24.5 Å². The third-order valence-corrected chi connectivity index (χ3v) is 4.27. The number of hydrogen-bond donors (Lipinski definition) is 0. The summed E-state index contributed by atoms with van der Waals surface area (Å²) in [6.07, 6.45) is 3.59. The molecule has 1 fully saturated rings. The molecule has 0 spiro atoms. The van der Waals surface area contributed by atoms with Crippen LogP contribution in [0.5, 0.6) is 0 Å². The van der Waals surface area contributed by atoms with Crippen LogP contribution in [0.4, 0.5) is 5.88 Å². The van der Waals surface area contributed by atoms with Gasteiger partial charge in [0.2, 0.25) is 0 Å². The number of fused-ring (bicyclic) bond motifs is 3. The van der Waals surface area contributed by atoms with Crippen molar-refractivity contribution in [1.29, 1.82) is 0 Å². The van der Waals surface area contributed by atoms with Crippen molar-refractivity contribution in [1.82, 2.24) is 0 Å². The minimum Gasteiger partial charge on any atom is -0.440 e. The first kappa shape index (κ1) is 12.5. The van der Waals surface area contributed by atoms with Crippen molar-refractivity contribution in [3.63, 3.8) is 0 Å². The standard InChI is InChI=1S/C18H17NO2/c20-16-12-17(19-10-4-1-5-11-19)21-18-14-7-3-2-6-13(14)8-9-15(16)18/h2-3,6-9,12H,1,4-5,10-11H2. The zero-order valence-corrected chi connectivity index (χ0v) is 11.8. The quantitative estimate of drug-likeness (QED) is 0.633. The average Bonchev–Trinajstić information content (AvgIpc) is 2.55. The van der Waals surface area contributed by atoms with Gasteiger partial charge in [-0.05, 0) is 30.7 Å². The molecule has 3 aromatic rings. The molecule has 0 radical (unpaired) electrons. The van der Waals surface area contributed by atoms with E-state index >= 15 is 0 Å². The summed E-state index contributed by atoms with van der Waals surface area (Å²) in [7, 11) is 0.